The van der Waals surface area contributed by atoms with E-state index in [-0.39, 0.29) is 34.8 Å². The van der Waals surface area contributed by atoms with Crippen molar-refractivity contribution < 1.29 is 30.3 Å². The molecule has 3 rings (SSSR count). The Bertz CT molecular complexity index is 858. The van der Waals surface area contributed by atoms with E-state index >= 15 is 0 Å². The Hall–Kier alpha value is -2.60. The van der Waals surface area contributed by atoms with Gasteiger partial charge < -0.3 is 30.3 Å². The maximum absolute atomic E-state index is 11.0. The van der Waals surface area contributed by atoms with Crippen LogP contribution < -0.4 is 4.74 Å². The van der Waals surface area contributed by atoms with Crippen LogP contribution in [0, 0.1) is 5.92 Å². The first-order chi connectivity index (χ1) is 12.6. The highest BCUT2D eigenvalue weighted by Gasteiger charge is 2.43. The summed E-state index contributed by atoms with van der Waals surface area (Å²) in [5.41, 5.74) is 1.54. The molecule has 1 heterocycles. The van der Waals surface area contributed by atoms with E-state index in [1.165, 1.54) is 18.2 Å². The zero-order valence-corrected chi connectivity index (χ0v) is 15.8. The number of hydrogen-bond donors (Lipinski definition) is 5. The highest BCUT2D eigenvalue weighted by Crippen LogP contribution is 2.54. The molecule has 27 heavy (non-hydrogen) atoms. The summed E-state index contributed by atoms with van der Waals surface area (Å²) < 4.78 is 6.10. The average molecular weight is 374 g/mol. The van der Waals surface area contributed by atoms with Crippen molar-refractivity contribution in [3.8, 4) is 28.7 Å². The predicted octanol–water partition coefficient (Wildman–Crippen LogP) is 3.87. The van der Waals surface area contributed by atoms with E-state index in [1.807, 2.05) is 27.7 Å². The van der Waals surface area contributed by atoms with Crippen molar-refractivity contribution in [1.82, 2.24) is 0 Å². The lowest BCUT2D eigenvalue weighted by Gasteiger charge is -2.40. The Balaban J connectivity index is 2.23. The smallest absolute Gasteiger partial charge is 0.157 e. The first kappa shape index (κ1) is 19.2. The predicted molar refractivity (Wildman–Crippen MR) is 101 cm³/mol. The lowest BCUT2D eigenvalue weighted by atomic mass is 9.76. The minimum absolute atomic E-state index is 0.0219. The summed E-state index contributed by atoms with van der Waals surface area (Å²) in [7, 11) is 0. The lowest BCUT2D eigenvalue weighted by Crippen LogP contribution is -2.37. The Labute approximate surface area is 158 Å². The number of aliphatic hydroxyl groups is 1. The van der Waals surface area contributed by atoms with Crippen LogP contribution in [-0.2, 0) is 0 Å². The molecule has 146 valence electrons. The zero-order valence-electron chi connectivity index (χ0n) is 15.8. The van der Waals surface area contributed by atoms with Gasteiger partial charge in [0.05, 0.1) is 0 Å². The number of aromatic hydroxyl groups is 4. The monoisotopic (exact) mass is 374 g/mol. The Morgan fingerprint density at radius 3 is 2.07 bits per heavy atom. The van der Waals surface area contributed by atoms with Gasteiger partial charge in [-0.2, -0.15) is 0 Å². The number of benzene rings is 2. The minimum atomic E-state index is -0.989. The summed E-state index contributed by atoms with van der Waals surface area (Å²) in [6, 6.07) is 5.56. The molecule has 6 heteroatoms. The first-order valence-electron chi connectivity index (χ1n) is 9.08. The molecule has 0 aliphatic carbocycles. The fraction of sp³-hybridized carbons (Fsp3) is 0.429. The first-order valence-corrected chi connectivity index (χ1v) is 9.08. The third-order valence-electron chi connectivity index (χ3n) is 5.19. The van der Waals surface area contributed by atoms with E-state index in [9.17, 15) is 25.5 Å². The van der Waals surface area contributed by atoms with Crippen molar-refractivity contribution in [2.24, 2.45) is 5.92 Å². The van der Waals surface area contributed by atoms with Gasteiger partial charge in [0.1, 0.15) is 23.4 Å². The Kier molecular flexibility index (Phi) is 4.86. The fourth-order valence-corrected chi connectivity index (χ4v) is 3.94. The quantitative estimate of drug-likeness (QED) is 0.522. The van der Waals surface area contributed by atoms with Gasteiger partial charge in [0, 0.05) is 23.1 Å². The molecule has 5 N–H and O–H groups in total. The molecule has 3 atom stereocenters. The molecule has 2 aromatic carbocycles. The molecule has 0 saturated heterocycles. The van der Waals surface area contributed by atoms with Gasteiger partial charge in [0.2, 0.25) is 0 Å². The van der Waals surface area contributed by atoms with Crippen LogP contribution in [0.4, 0.5) is 0 Å². The van der Waals surface area contributed by atoms with Gasteiger partial charge in [0.15, 0.2) is 17.6 Å². The topological polar surface area (TPSA) is 110 Å². The molecule has 6 nitrogen and oxygen atoms in total. The van der Waals surface area contributed by atoms with Crippen LogP contribution in [-0.4, -0.2) is 31.6 Å². The van der Waals surface area contributed by atoms with Crippen molar-refractivity contribution in [2.75, 3.05) is 0 Å². The Morgan fingerprint density at radius 1 is 0.852 bits per heavy atom. The maximum atomic E-state index is 11.0. The number of aliphatic hydroxyl groups excluding tert-OH is 1. The molecule has 2 aromatic rings. The van der Waals surface area contributed by atoms with Crippen molar-refractivity contribution in [3.05, 3.63) is 41.0 Å². The van der Waals surface area contributed by atoms with Crippen LogP contribution in [0.15, 0.2) is 24.3 Å². The van der Waals surface area contributed by atoms with Crippen molar-refractivity contribution in [3.63, 3.8) is 0 Å². The number of phenols is 4. The molecule has 0 fully saturated rings. The summed E-state index contributed by atoms with van der Waals surface area (Å²) in [4.78, 5) is 0. The van der Waals surface area contributed by atoms with E-state index in [0.717, 1.165) is 0 Å². The van der Waals surface area contributed by atoms with Gasteiger partial charge >= 0.3 is 0 Å². The summed E-state index contributed by atoms with van der Waals surface area (Å²) in [6.07, 6.45) is -1.81. The van der Waals surface area contributed by atoms with Crippen LogP contribution in [0.3, 0.4) is 0 Å². The largest absolute Gasteiger partial charge is 0.507 e. The van der Waals surface area contributed by atoms with Gasteiger partial charge in [-0.05, 0) is 29.5 Å². The number of hydrogen-bond acceptors (Lipinski definition) is 6. The molecular weight excluding hydrogens is 348 g/mol. The summed E-state index contributed by atoms with van der Waals surface area (Å²) in [6.45, 7) is 7.70. The molecule has 0 aromatic heterocycles. The molecule has 0 saturated carbocycles. The van der Waals surface area contributed by atoms with Crippen LogP contribution >= 0.6 is 0 Å². The molecule has 0 spiro atoms. The van der Waals surface area contributed by atoms with Crippen molar-refractivity contribution in [1.29, 1.82) is 0 Å². The van der Waals surface area contributed by atoms with Gasteiger partial charge in [-0.1, -0.05) is 33.8 Å². The molecule has 3 unspecified atom stereocenters. The SMILES string of the molecule is CC(C)c1c(O)cc(O)c2c1OC(c1ccc(O)c(O)c1)C(O)C2C(C)C. The summed E-state index contributed by atoms with van der Waals surface area (Å²) >= 11 is 0. The lowest BCUT2D eigenvalue weighted by molar-refractivity contribution is -0.0131. The number of fused-ring (bicyclic) bond motifs is 1. The van der Waals surface area contributed by atoms with Crippen LogP contribution in [0.25, 0.3) is 0 Å². The van der Waals surface area contributed by atoms with Crippen molar-refractivity contribution >= 4 is 0 Å². The van der Waals surface area contributed by atoms with Crippen molar-refractivity contribution in [2.45, 2.75) is 51.7 Å². The molecular formula is C21H26O6. The molecule has 1 aliphatic heterocycles. The highest BCUT2D eigenvalue weighted by molar-refractivity contribution is 5.60. The third-order valence-corrected chi connectivity index (χ3v) is 5.19. The van der Waals surface area contributed by atoms with Crippen LogP contribution in [0.2, 0.25) is 0 Å². The minimum Gasteiger partial charge on any atom is -0.507 e. The van der Waals surface area contributed by atoms with E-state index in [0.29, 0.717) is 22.4 Å². The second-order valence-electron chi connectivity index (χ2n) is 7.77. The second-order valence-corrected chi connectivity index (χ2v) is 7.77. The van der Waals surface area contributed by atoms with Gasteiger partial charge in [0.25, 0.3) is 0 Å². The van der Waals surface area contributed by atoms with E-state index in [1.54, 1.807) is 6.07 Å². The van der Waals surface area contributed by atoms with E-state index in [2.05, 4.69) is 0 Å². The number of ether oxygens (including phenoxy) is 1. The van der Waals surface area contributed by atoms with Gasteiger partial charge in [-0.3, -0.25) is 0 Å². The normalized spacial score (nSPS) is 22.0. The van der Waals surface area contributed by atoms with Gasteiger partial charge in [-0.25, -0.2) is 0 Å². The van der Waals surface area contributed by atoms with Crippen LogP contribution in [0.5, 0.6) is 28.7 Å². The summed E-state index contributed by atoms with van der Waals surface area (Å²) in [5.74, 6) is -0.912. The Morgan fingerprint density at radius 2 is 1.52 bits per heavy atom. The third kappa shape index (κ3) is 3.14. The standard InChI is InChI=1S/C21H26O6/c1-9(2)16-14(24)8-15(25)18-17(10(3)4)19(26)20(27-21(16)18)11-5-6-12(22)13(23)7-11/h5-10,17,19-20,22-26H,1-4H3. The van der Waals surface area contributed by atoms with Crippen LogP contribution in [0.1, 0.15) is 62.3 Å². The highest BCUT2D eigenvalue weighted by atomic mass is 16.5. The fourth-order valence-electron chi connectivity index (χ4n) is 3.94. The zero-order chi connectivity index (χ0) is 20.0. The average Bonchev–Trinajstić information content (AvgIpc) is 2.56. The number of rotatable bonds is 3. The molecule has 0 amide bonds. The van der Waals surface area contributed by atoms with Gasteiger partial charge in [-0.15, -0.1) is 0 Å². The number of phenolic OH excluding ortho intramolecular Hbond substituents is 4. The van der Waals surface area contributed by atoms with E-state index in [4.69, 9.17) is 4.74 Å². The maximum Gasteiger partial charge on any atom is 0.157 e. The molecule has 0 bridgehead atoms. The second kappa shape index (κ2) is 6.85. The molecule has 1 aliphatic rings. The summed E-state index contributed by atoms with van der Waals surface area (Å²) in [5, 5.41) is 51.3. The van der Waals surface area contributed by atoms with E-state index < -0.39 is 18.1 Å². The molecule has 0 radical (unpaired) electrons.